The normalized spacial score (nSPS) is 18.2. The lowest BCUT2D eigenvalue weighted by molar-refractivity contribution is 0.0671. The van der Waals surface area contributed by atoms with Crippen molar-refractivity contribution in [2.75, 3.05) is 13.1 Å². The van der Waals surface area contributed by atoms with E-state index < -0.39 is 0 Å². The summed E-state index contributed by atoms with van der Waals surface area (Å²) < 4.78 is 4.90. The van der Waals surface area contributed by atoms with Crippen LogP contribution in [0.25, 0.3) is 5.65 Å². The molecule has 4 rings (SSSR count). The van der Waals surface area contributed by atoms with Crippen molar-refractivity contribution in [3.8, 4) is 0 Å². The van der Waals surface area contributed by atoms with Gasteiger partial charge in [0.25, 0.3) is 5.91 Å². The zero-order valence-electron chi connectivity index (χ0n) is 13.4. The molecule has 1 unspecified atom stereocenters. The first kappa shape index (κ1) is 15.4. The largest absolute Gasteiger partial charge is 0.335 e. The number of fused-ring (bicyclic) bond motifs is 1. The smallest absolute Gasteiger partial charge is 0.272 e. The van der Waals surface area contributed by atoms with Crippen LogP contribution in [0.4, 0.5) is 0 Å². The lowest BCUT2D eigenvalue weighted by atomic mass is 10.0. The number of carbonyl (C=O) groups excluding carboxylic acids is 1. The third kappa shape index (κ3) is 2.62. The number of imidazole rings is 2. The fourth-order valence-electron chi connectivity index (χ4n) is 3.41. The monoisotopic (exact) mass is 387 g/mol. The second kappa shape index (κ2) is 6.05. The van der Waals surface area contributed by atoms with Crippen molar-refractivity contribution in [3.05, 3.63) is 52.9 Å². The molecule has 0 spiro atoms. The van der Waals surface area contributed by atoms with Gasteiger partial charge in [0.2, 0.25) is 0 Å². The van der Waals surface area contributed by atoms with Gasteiger partial charge in [-0.2, -0.15) is 0 Å². The average molecular weight is 388 g/mol. The summed E-state index contributed by atoms with van der Waals surface area (Å²) in [5.41, 5.74) is 2.21. The Morgan fingerprint density at radius 1 is 1.38 bits per heavy atom. The van der Waals surface area contributed by atoms with Crippen molar-refractivity contribution in [2.24, 2.45) is 0 Å². The maximum absolute atomic E-state index is 13.1. The molecule has 1 amide bonds. The van der Waals surface area contributed by atoms with Gasteiger partial charge in [0.15, 0.2) is 0 Å². The van der Waals surface area contributed by atoms with Crippen LogP contribution in [0.1, 0.15) is 35.1 Å². The highest BCUT2D eigenvalue weighted by atomic mass is 79.9. The molecule has 124 valence electrons. The molecule has 7 heteroatoms. The molecule has 0 saturated carbocycles. The summed E-state index contributed by atoms with van der Waals surface area (Å²) in [6, 6.07) is 4.14. The first-order valence-corrected chi connectivity index (χ1v) is 8.83. The Hall–Kier alpha value is -2.15. The van der Waals surface area contributed by atoms with Crippen LogP contribution in [0, 0.1) is 6.92 Å². The number of pyridine rings is 1. The molecule has 1 saturated heterocycles. The lowest BCUT2D eigenvalue weighted by Crippen LogP contribution is -2.41. The highest BCUT2D eigenvalue weighted by Crippen LogP contribution is 2.24. The number of amides is 1. The van der Waals surface area contributed by atoms with E-state index in [1.807, 2.05) is 47.1 Å². The number of halogens is 1. The SMILES string of the molecule is Cc1nc2ccc(Br)cn2c1C(=O)N1CCCC(n2ccnc2)C1. The van der Waals surface area contributed by atoms with E-state index in [0.717, 1.165) is 35.2 Å². The predicted octanol–water partition coefficient (Wildman–Crippen LogP) is 3.08. The van der Waals surface area contributed by atoms with E-state index in [1.165, 1.54) is 0 Å². The number of aryl methyl sites for hydroxylation is 1. The number of aromatic nitrogens is 4. The van der Waals surface area contributed by atoms with Crippen LogP contribution in [0.2, 0.25) is 0 Å². The van der Waals surface area contributed by atoms with E-state index in [2.05, 4.69) is 30.5 Å². The summed E-state index contributed by atoms with van der Waals surface area (Å²) in [7, 11) is 0. The lowest BCUT2D eigenvalue weighted by Gasteiger charge is -2.33. The van der Waals surface area contributed by atoms with Gasteiger partial charge in [0.1, 0.15) is 11.3 Å². The minimum Gasteiger partial charge on any atom is -0.335 e. The Morgan fingerprint density at radius 2 is 2.25 bits per heavy atom. The fraction of sp³-hybridized carbons (Fsp3) is 0.353. The van der Waals surface area contributed by atoms with Crippen LogP contribution >= 0.6 is 15.9 Å². The minimum absolute atomic E-state index is 0.0444. The quantitative estimate of drug-likeness (QED) is 0.678. The topological polar surface area (TPSA) is 55.4 Å². The van der Waals surface area contributed by atoms with Gasteiger partial charge in [-0.3, -0.25) is 9.20 Å². The molecule has 1 aliphatic heterocycles. The maximum atomic E-state index is 13.1. The summed E-state index contributed by atoms with van der Waals surface area (Å²) in [6.45, 7) is 3.38. The van der Waals surface area contributed by atoms with E-state index >= 15 is 0 Å². The van der Waals surface area contributed by atoms with E-state index in [1.54, 1.807) is 6.20 Å². The molecule has 0 N–H and O–H groups in total. The fourth-order valence-corrected chi connectivity index (χ4v) is 3.75. The van der Waals surface area contributed by atoms with Crippen LogP contribution < -0.4 is 0 Å². The summed E-state index contributed by atoms with van der Waals surface area (Å²) in [6.07, 6.45) is 9.54. The average Bonchev–Trinajstić information content (AvgIpc) is 3.21. The molecule has 1 fully saturated rings. The van der Waals surface area contributed by atoms with Gasteiger partial charge >= 0.3 is 0 Å². The highest BCUT2D eigenvalue weighted by molar-refractivity contribution is 9.10. The Bertz CT molecular complexity index is 886. The minimum atomic E-state index is 0.0444. The number of carbonyl (C=O) groups is 1. The van der Waals surface area contributed by atoms with E-state index in [4.69, 9.17) is 0 Å². The molecule has 3 aromatic rings. The van der Waals surface area contributed by atoms with Crippen molar-refractivity contribution in [1.29, 1.82) is 0 Å². The molecule has 0 aromatic carbocycles. The Kier molecular flexibility index (Phi) is 3.88. The molecule has 0 aliphatic carbocycles. The van der Waals surface area contributed by atoms with Crippen LogP contribution in [0.3, 0.4) is 0 Å². The second-order valence-corrected chi connectivity index (χ2v) is 7.09. The van der Waals surface area contributed by atoms with Crippen LogP contribution in [0.5, 0.6) is 0 Å². The third-order valence-corrected chi connectivity index (χ3v) is 5.06. The maximum Gasteiger partial charge on any atom is 0.272 e. The van der Waals surface area contributed by atoms with E-state index in [0.29, 0.717) is 12.2 Å². The van der Waals surface area contributed by atoms with Gasteiger partial charge in [0.05, 0.1) is 18.1 Å². The number of likely N-dealkylation sites (tertiary alicyclic amines) is 1. The van der Waals surface area contributed by atoms with Crippen LogP contribution in [-0.4, -0.2) is 42.8 Å². The van der Waals surface area contributed by atoms with Gasteiger partial charge in [-0.1, -0.05) is 0 Å². The predicted molar refractivity (Wildman–Crippen MR) is 94.0 cm³/mol. The molecule has 6 nitrogen and oxygen atoms in total. The molecule has 24 heavy (non-hydrogen) atoms. The van der Waals surface area contributed by atoms with Crippen LogP contribution in [-0.2, 0) is 0 Å². The summed E-state index contributed by atoms with van der Waals surface area (Å²) >= 11 is 3.47. The number of piperidine rings is 1. The first-order chi connectivity index (χ1) is 11.6. The zero-order valence-corrected chi connectivity index (χ0v) is 15.0. The number of hydrogen-bond donors (Lipinski definition) is 0. The number of rotatable bonds is 2. The molecule has 3 aromatic heterocycles. The third-order valence-electron chi connectivity index (χ3n) is 4.59. The van der Waals surface area contributed by atoms with Crippen LogP contribution in [0.15, 0.2) is 41.5 Å². The molecule has 1 aliphatic rings. The van der Waals surface area contributed by atoms with Crippen molar-refractivity contribution in [1.82, 2.24) is 23.8 Å². The molecule has 1 atom stereocenters. The summed E-state index contributed by atoms with van der Waals surface area (Å²) in [5, 5.41) is 0. The van der Waals surface area contributed by atoms with Crippen molar-refractivity contribution >= 4 is 27.5 Å². The Labute approximate surface area is 148 Å². The van der Waals surface area contributed by atoms with Gasteiger partial charge in [-0.15, -0.1) is 0 Å². The number of nitrogens with zero attached hydrogens (tertiary/aromatic N) is 5. The van der Waals surface area contributed by atoms with Crippen molar-refractivity contribution in [3.63, 3.8) is 0 Å². The Morgan fingerprint density at radius 3 is 3.04 bits per heavy atom. The second-order valence-electron chi connectivity index (χ2n) is 6.18. The van der Waals surface area contributed by atoms with Crippen molar-refractivity contribution < 1.29 is 4.79 Å². The molecule has 4 heterocycles. The summed E-state index contributed by atoms with van der Waals surface area (Å²) in [4.78, 5) is 23.7. The Balaban J connectivity index is 1.66. The standard InChI is InChI=1S/C17H18BrN5O/c1-12-16(23-9-13(18)4-5-15(23)20-12)17(24)21-7-2-3-14(10-21)22-8-6-19-11-22/h4-6,8-9,11,14H,2-3,7,10H2,1H3. The molecular weight excluding hydrogens is 370 g/mol. The molecular formula is C17H18BrN5O. The van der Waals surface area contributed by atoms with Gasteiger partial charge in [-0.05, 0) is 47.8 Å². The first-order valence-electron chi connectivity index (χ1n) is 8.04. The molecule has 0 radical (unpaired) electrons. The summed E-state index contributed by atoms with van der Waals surface area (Å²) in [5.74, 6) is 0.0444. The van der Waals surface area contributed by atoms with E-state index in [9.17, 15) is 4.79 Å². The number of hydrogen-bond acceptors (Lipinski definition) is 3. The molecule has 0 bridgehead atoms. The van der Waals surface area contributed by atoms with Gasteiger partial charge < -0.3 is 9.47 Å². The van der Waals surface area contributed by atoms with E-state index in [-0.39, 0.29) is 11.9 Å². The van der Waals surface area contributed by atoms with Crippen molar-refractivity contribution in [2.45, 2.75) is 25.8 Å². The van der Waals surface area contributed by atoms with Gasteiger partial charge in [-0.25, -0.2) is 9.97 Å². The highest BCUT2D eigenvalue weighted by Gasteiger charge is 2.28. The zero-order chi connectivity index (χ0) is 16.7. The van der Waals surface area contributed by atoms with Gasteiger partial charge in [0, 0.05) is 36.2 Å².